The zero-order chi connectivity index (χ0) is 10.4. The predicted molar refractivity (Wildman–Crippen MR) is 54.1 cm³/mol. The molecule has 1 rings (SSSR count). The van der Waals surface area contributed by atoms with E-state index in [-0.39, 0.29) is 6.54 Å². The molecule has 2 nitrogen and oxygen atoms in total. The number of alkyl halides is 3. The van der Waals surface area contributed by atoms with E-state index in [0.29, 0.717) is 19.0 Å². The smallest absolute Gasteiger partial charge is 0.251 e. The molecule has 0 aliphatic carbocycles. The summed E-state index contributed by atoms with van der Waals surface area (Å²) in [6, 6.07) is 0. The molecule has 0 spiro atoms. The van der Waals surface area contributed by atoms with Crippen molar-refractivity contribution in [1.29, 1.82) is 0 Å². The van der Waals surface area contributed by atoms with Crippen molar-refractivity contribution in [1.82, 2.24) is 9.88 Å². The zero-order valence-electron chi connectivity index (χ0n) is 7.50. The highest BCUT2D eigenvalue weighted by Crippen LogP contribution is 2.10. The highest BCUT2D eigenvalue weighted by molar-refractivity contribution is 7.09. The van der Waals surface area contributed by atoms with Crippen molar-refractivity contribution in [3.05, 3.63) is 16.6 Å². The fourth-order valence-electron chi connectivity index (χ4n) is 1.09. The molecule has 0 fully saturated rings. The molecular weight excluding hydrogens is 230 g/mol. The lowest BCUT2D eigenvalue weighted by Gasteiger charge is -2.19. The van der Waals surface area contributed by atoms with Crippen LogP contribution in [-0.2, 0) is 6.54 Å². The van der Waals surface area contributed by atoms with Gasteiger partial charge in [-0.15, -0.1) is 22.9 Å². The maximum atomic E-state index is 12.1. The molecule has 1 aromatic rings. The molecule has 6 heteroatoms. The molecule has 0 saturated heterocycles. The number of rotatable bonds is 6. The Morgan fingerprint density at radius 1 is 1.57 bits per heavy atom. The number of hydrogen-bond acceptors (Lipinski definition) is 3. The Bertz CT molecular complexity index is 243. The molecule has 0 aliphatic rings. The van der Waals surface area contributed by atoms with Gasteiger partial charge in [0.15, 0.2) is 0 Å². The molecule has 1 heterocycles. The molecule has 0 saturated carbocycles. The summed E-state index contributed by atoms with van der Waals surface area (Å²) in [5, 5.41) is 0. The second kappa shape index (κ2) is 6.27. The van der Waals surface area contributed by atoms with Crippen molar-refractivity contribution in [3.8, 4) is 0 Å². The van der Waals surface area contributed by atoms with Gasteiger partial charge in [-0.1, -0.05) is 0 Å². The van der Waals surface area contributed by atoms with E-state index in [0.717, 1.165) is 4.88 Å². The first-order valence-electron chi connectivity index (χ1n) is 4.16. The van der Waals surface area contributed by atoms with Crippen molar-refractivity contribution < 1.29 is 8.78 Å². The van der Waals surface area contributed by atoms with Gasteiger partial charge in [0.2, 0.25) is 0 Å². The van der Waals surface area contributed by atoms with E-state index in [1.165, 1.54) is 11.3 Å². The van der Waals surface area contributed by atoms with Gasteiger partial charge in [-0.2, -0.15) is 0 Å². The topological polar surface area (TPSA) is 16.1 Å². The van der Waals surface area contributed by atoms with E-state index in [1.54, 1.807) is 16.6 Å². The number of halogens is 3. The number of aromatic nitrogens is 1. The van der Waals surface area contributed by atoms with E-state index in [9.17, 15) is 8.78 Å². The summed E-state index contributed by atoms with van der Waals surface area (Å²) in [6.07, 6.45) is -0.622. The minimum Gasteiger partial charge on any atom is -0.291 e. The van der Waals surface area contributed by atoms with Gasteiger partial charge in [0.05, 0.1) is 12.1 Å². The van der Waals surface area contributed by atoms with Gasteiger partial charge in [0.25, 0.3) is 6.43 Å². The molecule has 0 N–H and O–H groups in total. The molecule has 0 atom stereocenters. The lowest BCUT2D eigenvalue weighted by atomic mass is 10.4. The number of nitrogens with zero attached hydrogens (tertiary/aromatic N) is 2. The molecule has 0 aromatic carbocycles. The van der Waals surface area contributed by atoms with E-state index in [2.05, 4.69) is 4.98 Å². The van der Waals surface area contributed by atoms with Crippen LogP contribution in [0.3, 0.4) is 0 Å². The lowest BCUT2D eigenvalue weighted by molar-refractivity contribution is 0.0883. The van der Waals surface area contributed by atoms with E-state index < -0.39 is 6.43 Å². The summed E-state index contributed by atoms with van der Waals surface area (Å²) >= 11 is 6.98. The summed E-state index contributed by atoms with van der Waals surface area (Å²) in [4.78, 5) is 6.50. The van der Waals surface area contributed by atoms with Crippen molar-refractivity contribution in [3.63, 3.8) is 0 Å². The highest BCUT2D eigenvalue weighted by Gasteiger charge is 2.12. The van der Waals surface area contributed by atoms with Crippen LogP contribution in [-0.4, -0.2) is 35.3 Å². The Balaban J connectivity index is 2.42. The van der Waals surface area contributed by atoms with Crippen LogP contribution in [0.4, 0.5) is 8.78 Å². The second-order valence-electron chi connectivity index (χ2n) is 2.78. The van der Waals surface area contributed by atoms with Gasteiger partial charge < -0.3 is 0 Å². The minimum absolute atomic E-state index is 0.232. The standard InChI is InChI=1S/C8H11ClF2N2S/c9-1-2-13(5-8(10)11)4-7-3-12-6-14-7/h3,6,8H,1-2,4-5H2. The Hall–Kier alpha value is -0.260. The first kappa shape index (κ1) is 11.8. The van der Waals surface area contributed by atoms with Crippen LogP contribution in [0.1, 0.15) is 4.88 Å². The quantitative estimate of drug-likeness (QED) is 0.710. The van der Waals surface area contributed by atoms with Gasteiger partial charge >= 0.3 is 0 Å². The molecule has 0 bridgehead atoms. The van der Waals surface area contributed by atoms with Crippen molar-refractivity contribution >= 4 is 22.9 Å². The molecule has 80 valence electrons. The van der Waals surface area contributed by atoms with Gasteiger partial charge in [-0.05, 0) is 0 Å². The lowest BCUT2D eigenvalue weighted by Crippen LogP contribution is -2.30. The maximum absolute atomic E-state index is 12.1. The van der Waals surface area contributed by atoms with Gasteiger partial charge in [0.1, 0.15) is 0 Å². The van der Waals surface area contributed by atoms with E-state index >= 15 is 0 Å². The van der Waals surface area contributed by atoms with Crippen LogP contribution in [0.5, 0.6) is 0 Å². The van der Waals surface area contributed by atoms with E-state index in [1.807, 2.05) is 0 Å². The summed E-state index contributed by atoms with van der Waals surface area (Å²) in [7, 11) is 0. The molecule has 0 radical (unpaired) electrons. The van der Waals surface area contributed by atoms with Crippen LogP contribution >= 0.6 is 22.9 Å². The highest BCUT2D eigenvalue weighted by atomic mass is 35.5. The van der Waals surface area contributed by atoms with Crippen molar-refractivity contribution in [2.75, 3.05) is 19.0 Å². The average molecular weight is 241 g/mol. The van der Waals surface area contributed by atoms with Crippen LogP contribution < -0.4 is 0 Å². The zero-order valence-corrected chi connectivity index (χ0v) is 9.07. The fourth-order valence-corrected chi connectivity index (χ4v) is 1.97. The van der Waals surface area contributed by atoms with Crippen LogP contribution in [0, 0.1) is 0 Å². The fraction of sp³-hybridized carbons (Fsp3) is 0.625. The van der Waals surface area contributed by atoms with Gasteiger partial charge in [-0.3, -0.25) is 9.88 Å². The first-order chi connectivity index (χ1) is 6.72. The normalized spacial score (nSPS) is 11.5. The predicted octanol–water partition coefficient (Wildman–Crippen LogP) is 2.45. The second-order valence-corrected chi connectivity index (χ2v) is 4.13. The summed E-state index contributed by atoms with van der Waals surface area (Å²) in [5.74, 6) is 0.367. The van der Waals surface area contributed by atoms with Crippen LogP contribution in [0.2, 0.25) is 0 Å². The Kier molecular flexibility index (Phi) is 5.29. The number of hydrogen-bond donors (Lipinski definition) is 0. The minimum atomic E-state index is -2.31. The monoisotopic (exact) mass is 240 g/mol. The van der Waals surface area contributed by atoms with Crippen molar-refractivity contribution in [2.24, 2.45) is 0 Å². The third-order valence-corrected chi connectivity index (χ3v) is 2.59. The molecular formula is C8H11ClF2N2S. The Morgan fingerprint density at radius 2 is 2.36 bits per heavy atom. The SMILES string of the molecule is FC(F)CN(CCCl)Cc1cncs1. The first-order valence-corrected chi connectivity index (χ1v) is 5.57. The van der Waals surface area contributed by atoms with Crippen LogP contribution in [0.25, 0.3) is 0 Å². The van der Waals surface area contributed by atoms with Crippen molar-refractivity contribution in [2.45, 2.75) is 13.0 Å². The maximum Gasteiger partial charge on any atom is 0.251 e. The van der Waals surface area contributed by atoms with E-state index in [4.69, 9.17) is 11.6 Å². The molecule has 0 unspecified atom stereocenters. The van der Waals surface area contributed by atoms with Gasteiger partial charge in [-0.25, -0.2) is 8.78 Å². The molecule has 0 aliphatic heterocycles. The largest absolute Gasteiger partial charge is 0.291 e. The Morgan fingerprint density at radius 3 is 2.86 bits per heavy atom. The summed E-state index contributed by atoms with van der Waals surface area (Å²) in [5.41, 5.74) is 1.69. The summed E-state index contributed by atoms with van der Waals surface area (Å²) < 4.78 is 24.3. The average Bonchev–Trinajstić information content (AvgIpc) is 2.56. The summed E-state index contributed by atoms with van der Waals surface area (Å²) in [6.45, 7) is 0.746. The third-order valence-electron chi connectivity index (χ3n) is 1.66. The van der Waals surface area contributed by atoms with Gasteiger partial charge in [0, 0.05) is 30.0 Å². The number of thiazole rings is 1. The molecule has 0 amide bonds. The molecule has 1 aromatic heterocycles. The van der Waals surface area contributed by atoms with Crippen LogP contribution in [0.15, 0.2) is 11.7 Å². The Labute approximate surface area is 90.5 Å². The molecule has 14 heavy (non-hydrogen) atoms. The third kappa shape index (κ3) is 4.30.